The third-order valence-corrected chi connectivity index (χ3v) is 7.00. The number of benzene rings is 2. The van der Waals surface area contributed by atoms with Crippen LogP contribution in [0.25, 0.3) is 0 Å². The normalized spacial score (nSPS) is 15.7. The van der Waals surface area contributed by atoms with Crippen LogP contribution in [0.3, 0.4) is 0 Å². The number of likely N-dealkylation sites (tertiary alicyclic amines) is 1. The van der Waals surface area contributed by atoms with Crippen LogP contribution in [0.15, 0.2) is 58.3 Å². The van der Waals surface area contributed by atoms with E-state index < -0.39 is 0 Å². The molecule has 1 saturated heterocycles. The van der Waals surface area contributed by atoms with Gasteiger partial charge in [-0.25, -0.2) is 0 Å². The summed E-state index contributed by atoms with van der Waals surface area (Å²) in [5.41, 5.74) is 1.92. The lowest BCUT2D eigenvalue weighted by molar-refractivity contribution is -0.115. The number of amides is 1. The molecule has 0 spiro atoms. The smallest absolute Gasteiger partial charge is 0.242 e. The Morgan fingerprint density at radius 1 is 1.00 bits per heavy atom. The third kappa shape index (κ3) is 3.43. The van der Waals surface area contributed by atoms with Gasteiger partial charge in [-0.3, -0.25) is 9.69 Å². The minimum atomic E-state index is 0.0757. The first-order valence-corrected chi connectivity index (χ1v) is 10.6. The number of thiocarbonyl (C=S) groups is 1. The molecule has 0 aromatic heterocycles. The van der Waals surface area contributed by atoms with E-state index in [1.165, 1.54) is 24.6 Å². The van der Waals surface area contributed by atoms with E-state index in [1.807, 2.05) is 41.3 Å². The molecule has 1 fully saturated rings. The zero-order chi connectivity index (χ0) is 17.2. The molecule has 2 aliphatic heterocycles. The number of para-hydroxylation sites is 2. The fourth-order valence-corrected chi connectivity index (χ4v) is 5.31. The van der Waals surface area contributed by atoms with E-state index in [4.69, 9.17) is 12.2 Å². The van der Waals surface area contributed by atoms with E-state index in [0.29, 0.717) is 5.75 Å². The maximum Gasteiger partial charge on any atom is 0.242 e. The van der Waals surface area contributed by atoms with Gasteiger partial charge in [0.25, 0.3) is 0 Å². The molecule has 4 rings (SSSR count). The summed E-state index contributed by atoms with van der Waals surface area (Å²) in [4.78, 5) is 19.3. The summed E-state index contributed by atoms with van der Waals surface area (Å²) in [6.45, 7) is 2.04. The first-order valence-electron chi connectivity index (χ1n) is 8.34. The molecule has 3 nitrogen and oxygen atoms in total. The summed E-state index contributed by atoms with van der Waals surface area (Å²) >= 11 is 8.70. The third-order valence-electron chi connectivity index (χ3n) is 4.37. The first kappa shape index (κ1) is 16.9. The summed E-state index contributed by atoms with van der Waals surface area (Å²) in [5.74, 6) is 0.439. The van der Waals surface area contributed by atoms with E-state index >= 15 is 0 Å². The number of rotatable bonds is 2. The lowest BCUT2D eigenvalue weighted by atomic mass is 10.2. The van der Waals surface area contributed by atoms with Gasteiger partial charge in [0.05, 0.1) is 17.1 Å². The van der Waals surface area contributed by atoms with E-state index in [2.05, 4.69) is 17.0 Å². The minimum absolute atomic E-state index is 0.0757. The maximum atomic E-state index is 13.1. The van der Waals surface area contributed by atoms with E-state index in [9.17, 15) is 4.79 Å². The van der Waals surface area contributed by atoms with Crippen molar-refractivity contribution in [3.05, 3.63) is 48.5 Å². The van der Waals surface area contributed by atoms with Gasteiger partial charge >= 0.3 is 0 Å². The molecule has 2 aromatic rings. The molecule has 25 heavy (non-hydrogen) atoms. The standard InChI is InChI=1S/C19H18N2OS3/c22-18(13-24-19(23)20-11-5-6-12-20)21-14-7-1-3-9-16(14)25-17-10-4-2-8-15(17)21/h1-4,7-10H,5-6,11-13H2. The highest BCUT2D eigenvalue weighted by molar-refractivity contribution is 8.23. The van der Waals surface area contributed by atoms with Crippen LogP contribution >= 0.6 is 35.7 Å². The van der Waals surface area contributed by atoms with Crippen molar-refractivity contribution in [1.82, 2.24) is 4.90 Å². The minimum Gasteiger partial charge on any atom is -0.358 e. The van der Waals surface area contributed by atoms with Crippen LogP contribution in [0.1, 0.15) is 12.8 Å². The second-order valence-corrected chi connectivity index (χ2v) is 8.71. The topological polar surface area (TPSA) is 23.6 Å². The van der Waals surface area contributed by atoms with Gasteiger partial charge in [0.15, 0.2) is 0 Å². The van der Waals surface area contributed by atoms with Gasteiger partial charge in [0, 0.05) is 22.9 Å². The number of nitrogens with zero attached hydrogens (tertiary/aromatic N) is 2. The Hall–Kier alpha value is -1.50. The second kappa shape index (κ2) is 7.40. The highest BCUT2D eigenvalue weighted by Gasteiger charge is 2.28. The Morgan fingerprint density at radius 2 is 1.56 bits per heavy atom. The highest BCUT2D eigenvalue weighted by Crippen LogP contribution is 2.48. The van der Waals surface area contributed by atoms with Crippen LogP contribution in [-0.2, 0) is 4.79 Å². The first-order chi connectivity index (χ1) is 12.2. The van der Waals surface area contributed by atoms with Crippen molar-refractivity contribution in [2.45, 2.75) is 22.6 Å². The lowest BCUT2D eigenvalue weighted by Gasteiger charge is -2.31. The molecule has 2 aromatic carbocycles. The van der Waals surface area contributed by atoms with Crippen molar-refractivity contribution < 1.29 is 4.79 Å². The Kier molecular flexibility index (Phi) is 5.01. The Labute approximate surface area is 161 Å². The quantitative estimate of drug-likeness (QED) is 0.681. The predicted molar refractivity (Wildman–Crippen MR) is 110 cm³/mol. The molecule has 0 aliphatic carbocycles. The van der Waals surface area contributed by atoms with Crippen LogP contribution in [0.4, 0.5) is 11.4 Å². The molecule has 1 amide bonds. The molecule has 0 N–H and O–H groups in total. The largest absolute Gasteiger partial charge is 0.358 e. The number of anilines is 2. The van der Waals surface area contributed by atoms with Crippen molar-refractivity contribution >= 4 is 57.3 Å². The molecular formula is C19H18N2OS3. The summed E-state index contributed by atoms with van der Waals surface area (Å²) in [6.07, 6.45) is 2.39. The Bertz CT molecular complexity index is 772. The monoisotopic (exact) mass is 386 g/mol. The van der Waals surface area contributed by atoms with Crippen molar-refractivity contribution in [2.24, 2.45) is 0 Å². The van der Waals surface area contributed by atoms with Gasteiger partial charge in [-0.1, -0.05) is 60.0 Å². The zero-order valence-corrected chi connectivity index (χ0v) is 16.1. The fourth-order valence-electron chi connectivity index (χ4n) is 3.15. The van der Waals surface area contributed by atoms with Gasteiger partial charge in [0.2, 0.25) is 5.91 Å². The highest BCUT2D eigenvalue weighted by atomic mass is 32.2. The van der Waals surface area contributed by atoms with Gasteiger partial charge < -0.3 is 4.90 Å². The summed E-state index contributed by atoms with van der Waals surface area (Å²) in [6, 6.07) is 16.2. The van der Waals surface area contributed by atoms with Crippen molar-refractivity contribution in [3.63, 3.8) is 0 Å². The number of fused-ring (bicyclic) bond motifs is 2. The van der Waals surface area contributed by atoms with E-state index in [-0.39, 0.29) is 5.91 Å². The number of hydrogen-bond donors (Lipinski definition) is 0. The second-order valence-electron chi connectivity index (χ2n) is 6.02. The van der Waals surface area contributed by atoms with Crippen molar-refractivity contribution in [1.29, 1.82) is 0 Å². The lowest BCUT2D eigenvalue weighted by Crippen LogP contribution is -2.31. The summed E-state index contributed by atoms with van der Waals surface area (Å²) < 4.78 is 0.846. The van der Waals surface area contributed by atoms with Gasteiger partial charge in [0.1, 0.15) is 4.32 Å². The van der Waals surface area contributed by atoms with E-state index in [1.54, 1.807) is 11.8 Å². The molecule has 0 saturated carbocycles. The van der Waals surface area contributed by atoms with Crippen molar-refractivity contribution in [2.75, 3.05) is 23.7 Å². The summed E-state index contributed by atoms with van der Waals surface area (Å²) in [7, 11) is 0. The summed E-state index contributed by atoms with van der Waals surface area (Å²) in [5, 5.41) is 0. The molecular weight excluding hydrogens is 368 g/mol. The molecule has 0 unspecified atom stereocenters. The molecule has 128 valence electrons. The van der Waals surface area contributed by atoms with Crippen LogP contribution in [0.2, 0.25) is 0 Å². The molecule has 2 heterocycles. The maximum absolute atomic E-state index is 13.1. The number of carbonyl (C=O) groups is 1. The van der Waals surface area contributed by atoms with Crippen LogP contribution in [0, 0.1) is 0 Å². The number of thioether (sulfide) groups is 1. The van der Waals surface area contributed by atoms with Crippen LogP contribution in [-0.4, -0.2) is 34.0 Å². The fraction of sp³-hybridized carbons (Fsp3) is 0.263. The molecule has 6 heteroatoms. The van der Waals surface area contributed by atoms with Crippen LogP contribution in [0.5, 0.6) is 0 Å². The van der Waals surface area contributed by atoms with Gasteiger partial charge in [-0.05, 0) is 37.1 Å². The van der Waals surface area contributed by atoms with E-state index in [0.717, 1.165) is 38.6 Å². The number of hydrogen-bond acceptors (Lipinski definition) is 4. The molecule has 0 atom stereocenters. The van der Waals surface area contributed by atoms with Gasteiger partial charge in [-0.2, -0.15) is 0 Å². The molecule has 0 radical (unpaired) electrons. The molecule has 0 bridgehead atoms. The molecule has 2 aliphatic rings. The Balaban J connectivity index is 1.56. The average Bonchev–Trinajstić information content (AvgIpc) is 3.18. The van der Waals surface area contributed by atoms with Crippen LogP contribution < -0.4 is 4.90 Å². The predicted octanol–water partition coefficient (Wildman–Crippen LogP) is 4.93. The van der Waals surface area contributed by atoms with Gasteiger partial charge in [-0.15, -0.1) is 0 Å². The van der Waals surface area contributed by atoms with Crippen molar-refractivity contribution in [3.8, 4) is 0 Å². The zero-order valence-electron chi connectivity index (χ0n) is 13.7. The Morgan fingerprint density at radius 3 is 2.16 bits per heavy atom. The number of carbonyl (C=O) groups excluding carboxylic acids is 1. The SMILES string of the molecule is O=C(CSC(=S)N1CCCC1)N1c2ccccc2Sc2ccccc21. The average molecular weight is 387 g/mol.